The van der Waals surface area contributed by atoms with Crippen LogP contribution in [0.5, 0.6) is 0 Å². The standard InChI is InChI=1S/C21H40N2O7/c1-3-10-27-12-15-30-17-20(25)23-9-11-28-13-14-29-16-19(24)8-6-4-5-7-18(2)21(22)26/h18H,3-17H2,1-2H3,(H2,22,26)(H,23,25)/t18-/m0/s1. The van der Waals surface area contributed by atoms with Gasteiger partial charge in [-0.1, -0.05) is 26.7 Å². The number of carbonyl (C=O) groups excluding carboxylic acids is 3. The highest BCUT2D eigenvalue weighted by molar-refractivity contribution is 5.79. The molecule has 0 saturated carbocycles. The third-order valence-corrected chi connectivity index (χ3v) is 4.24. The van der Waals surface area contributed by atoms with Crippen LogP contribution in [0.15, 0.2) is 0 Å². The van der Waals surface area contributed by atoms with Gasteiger partial charge in [0.2, 0.25) is 11.8 Å². The quantitative estimate of drug-likeness (QED) is 0.246. The van der Waals surface area contributed by atoms with E-state index in [4.69, 9.17) is 24.7 Å². The molecule has 0 aromatic carbocycles. The molecule has 0 aliphatic rings. The largest absolute Gasteiger partial charge is 0.379 e. The minimum absolute atomic E-state index is 0.00484. The number of Topliss-reactive ketones (excluding diaryl/α,β-unsaturated/α-hetero) is 1. The molecule has 0 bridgehead atoms. The van der Waals surface area contributed by atoms with Gasteiger partial charge in [-0.05, 0) is 19.3 Å². The molecule has 9 heteroatoms. The second kappa shape index (κ2) is 20.7. The molecule has 176 valence electrons. The first-order chi connectivity index (χ1) is 14.5. The molecule has 30 heavy (non-hydrogen) atoms. The summed E-state index contributed by atoms with van der Waals surface area (Å²) in [6.45, 7) is 6.97. The number of ketones is 1. The molecule has 0 heterocycles. The Bertz CT molecular complexity index is 461. The summed E-state index contributed by atoms with van der Waals surface area (Å²) in [5.41, 5.74) is 5.21. The summed E-state index contributed by atoms with van der Waals surface area (Å²) in [5.74, 6) is -0.520. The zero-order valence-corrected chi connectivity index (χ0v) is 18.6. The predicted molar refractivity (Wildman–Crippen MR) is 113 cm³/mol. The Morgan fingerprint density at radius 1 is 0.833 bits per heavy atom. The zero-order valence-electron chi connectivity index (χ0n) is 18.6. The number of hydrogen-bond donors (Lipinski definition) is 2. The lowest BCUT2D eigenvalue weighted by Crippen LogP contribution is -2.31. The molecule has 3 N–H and O–H groups in total. The number of nitrogens with one attached hydrogen (secondary N) is 1. The van der Waals surface area contributed by atoms with Crippen LogP contribution >= 0.6 is 0 Å². The predicted octanol–water partition coefficient (Wildman–Crippen LogP) is 1.22. The number of unbranched alkanes of at least 4 members (excludes halogenated alkanes) is 2. The van der Waals surface area contributed by atoms with Crippen molar-refractivity contribution in [3.63, 3.8) is 0 Å². The summed E-state index contributed by atoms with van der Waals surface area (Å²) in [7, 11) is 0. The van der Waals surface area contributed by atoms with E-state index in [1.807, 2.05) is 13.8 Å². The molecule has 9 nitrogen and oxygen atoms in total. The maximum Gasteiger partial charge on any atom is 0.246 e. The van der Waals surface area contributed by atoms with Crippen LogP contribution in [-0.4, -0.2) is 77.0 Å². The van der Waals surface area contributed by atoms with Gasteiger partial charge < -0.3 is 30.0 Å². The summed E-state index contributed by atoms with van der Waals surface area (Å²) in [6, 6.07) is 0. The van der Waals surface area contributed by atoms with Gasteiger partial charge in [-0.2, -0.15) is 0 Å². The molecule has 1 atom stereocenters. The monoisotopic (exact) mass is 432 g/mol. The number of primary amides is 1. The van der Waals surface area contributed by atoms with E-state index < -0.39 is 0 Å². The van der Waals surface area contributed by atoms with Crippen molar-refractivity contribution >= 4 is 17.6 Å². The molecule has 0 aliphatic heterocycles. The van der Waals surface area contributed by atoms with E-state index in [1.165, 1.54) is 0 Å². The van der Waals surface area contributed by atoms with E-state index >= 15 is 0 Å². The first-order valence-corrected chi connectivity index (χ1v) is 10.9. The molecule has 0 spiro atoms. The summed E-state index contributed by atoms with van der Waals surface area (Å²) in [4.78, 5) is 34.1. The van der Waals surface area contributed by atoms with Crippen LogP contribution in [0.3, 0.4) is 0 Å². The Balaban J connectivity index is 3.33. The average Bonchev–Trinajstić information content (AvgIpc) is 2.71. The van der Waals surface area contributed by atoms with E-state index in [9.17, 15) is 14.4 Å². The highest BCUT2D eigenvalue weighted by Gasteiger charge is 2.08. The first-order valence-electron chi connectivity index (χ1n) is 10.9. The summed E-state index contributed by atoms with van der Waals surface area (Å²) >= 11 is 0. The maximum absolute atomic E-state index is 11.7. The van der Waals surface area contributed by atoms with Gasteiger partial charge >= 0.3 is 0 Å². The molecule has 0 fully saturated rings. The van der Waals surface area contributed by atoms with Crippen LogP contribution in [0, 0.1) is 5.92 Å². The number of rotatable bonds is 22. The lowest BCUT2D eigenvalue weighted by molar-refractivity contribution is -0.127. The van der Waals surface area contributed by atoms with E-state index in [0.29, 0.717) is 52.6 Å². The smallest absolute Gasteiger partial charge is 0.246 e. The molecular weight excluding hydrogens is 392 g/mol. The molecule has 0 aliphatic carbocycles. The SMILES string of the molecule is CCCOCCOCC(=O)NCCOCCOCC(=O)CCCCC[C@H](C)C(N)=O. The van der Waals surface area contributed by atoms with E-state index in [1.54, 1.807) is 0 Å². The fraction of sp³-hybridized carbons (Fsp3) is 0.857. The Labute approximate surface area is 180 Å². The lowest BCUT2D eigenvalue weighted by Gasteiger charge is -2.08. The molecule has 0 rings (SSSR count). The van der Waals surface area contributed by atoms with Crippen molar-refractivity contribution in [2.24, 2.45) is 11.7 Å². The molecule has 0 aromatic heterocycles. The van der Waals surface area contributed by atoms with Gasteiger partial charge in [0, 0.05) is 25.5 Å². The van der Waals surface area contributed by atoms with Crippen LogP contribution in [0.2, 0.25) is 0 Å². The normalized spacial score (nSPS) is 11.9. The van der Waals surface area contributed by atoms with Crippen molar-refractivity contribution in [2.45, 2.75) is 52.4 Å². The van der Waals surface area contributed by atoms with E-state index in [2.05, 4.69) is 5.32 Å². The molecule has 2 amide bonds. The number of nitrogens with two attached hydrogens (primary N) is 1. The van der Waals surface area contributed by atoms with Gasteiger partial charge in [0.25, 0.3) is 0 Å². The number of carbonyl (C=O) groups is 3. The second-order valence-corrected chi connectivity index (χ2v) is 7.12. The first kappa shape index (κ1) is 28.5. The number of ether oxygens (including phenoxy) is 4. The van der Waals surface area contributed by atoms with Crippen LogP contribution in [0.4, 0.5) is 0 Å². The molecular formula is C21H40N2O7. The van der Waals surface area contributed by atoms with Crippen molar-refractivity contribution in [2.75, 3.05) is 59.4 Å². The molecule has 0 aromatic rings. The Hall–Kier alpha value is -1.55. The van der Waals surface area contributed by atoms with Crippen molar-refractivity contribution in [3.8, 4) is 0 Å². The van der Waals surface area contributed by atoms with Gasteiger partial charge in [-0.3, -0.25) is 14.4 Å². The fourth-order valence-electron chi connectivity index (χ4n) is 2.41. The van der Waals surface area contributed by atoms with Gasteiger partial charge in [0.05, 0.1) is 33.0 Å². The minimum Gasteiger partial charge on any atom is -0.379 e. The van der Waals surface area contributed by atoms with Crippen molar-refractivity contribution < 1.29 is 33.3 Å². The number of amides is 2. The second-order valence-electron chi connectivity index (χ2n) is 7.12. The van der Waals surface area contributed by atoms with E-state index in [0.717, 1.165) is 32.1 Å². The third kappa shape index (κ3) is 19.8. The third-order valence-electron chi connectivity index (χ3n) is 4.24. The average molecular weight is 433 g/mol. The summed E-state index contributed by atoms with van der Waals surface area (Å²) in [5, 5.41) is 2.69. The highest BCUT2D eigenvalue weighted by Crippen LogP contribution is 2.10. The summed E-state index contributed by atoms with van der Waals surface area (Å²) in [6.07, 6.45) is 4.78. The van der Waals surface area contributed by atoms with Crippen LogP contribution in [0.25, 0.3) is 0 Å². The Kier molecular flexibility index (Phi) is 19.6. The molecule has 0 saturated heterocycles. The molecule has 0 radical (unpaired) electrons. The van der Waals surface area contributed by atoms with Gasteiger partial charge in [-0.25, -0.2) is 0 Å². The minimum atomic E-state index is -0.276. The van der Waals surface area contributed by atoms with Gasteiger partial charge in [0.1, 0.15) is 13.2 Å². The Morgan fingerprint density at radius 3 is 2.13 bits per heavy atom. The lowest BCUT2D eigenvalue weighted by atomic mass is 10.0. The summed E-state index contributed by atoms with van der Waals surface area (Å²) < 4.78 is 21.1. The van der Waals surface area contributed by atoms with E-state index in [-0.39, 0.29) is 36.7 Å². The number of hydrogen-bond acceptors (Lipinski definition) is 7. The van der Waals surface area contributed by atoms with Gasteiger partial charge in [0.15, 0.2) is 5.78 Å². The van der Waals surface area contributed by atoms with Crippen LogP contribution in [0.1, 0.15) is 52.4 Å². The Morgan fingerprint density at radius 2 is 1.47 bits per heavy atom. The van der Waals surface area contributed by atoms with Crippen molar-refractivity contribution in [3.05, 3.63) is 0 Å². The topological polar surface area (TPSA) is 126 Å². The molecule has 0 unspecified atom stereocenters. The highest BCUT2D eigenvalue weighted by atomic mass is 16.5. The van der Waals surface area contributed by atoms with Gasteiger partial charge in [-0.15, -0.1) is 0 Å². The van der Waals surface area contributed by atoms with Crippen molar-refractivity contribution in [1.82, 2.24) is 5.32 Å². The zero-order chi connectivity index (χ0) is 22.5. The van der Waals surface area contributed by atoms with Crippen LogP contribution in [-0.2, 0) is 33.3 Å². The van der Waals surface area contributed by atoms with Crippen molar-refractivity contribution in [1.29, 1.82) is 0 Å². The maximum atomic E-state index is 11.7. The van der Waals surface area contributed by atoms with Crippen LogP contribution < -0.4 is 11.1 Å². The fourth-order valence-corrected chi connectivity index (χ4v) is 2.41.